The quantitative estimate of drug-likeness (QED) is 0.556. The van der Waals surface area contributed by atoms with Crippen LogP contribution in [0, 0.1) is 0 Å². The van der Waals surface area contributed by atoms with Crippen LogP contribution in [0.3, 0.4) is 0 Å². The number of hydrogen-bond donors (Lipinski definition) is 1. The first-order valence-corrected chi connectivity index (χ1v) is 4.15. The van der Waals surface area contributed by atoms with Crippen molar-refractivity contribution in [3.8, 4) is 0 Å². The highest BCUT2D eigenvalue weighted by Gasteiger charge is 2.41. The van der Waals surface area contributed by atoms with Gasteiger partial charge in [-0.3, -0.25) is 0 Å². The fourth-order valence-corrected chi connectivity index (χ4v) is 1.48. The zero-order chi connectivity index (χ0) is 12.7. The summed E-state index contributed by atoms with van der Waals surface area (Å²) in [7, 11) is 0. The Labute approximate surface area is 90.8 Å². The summed E-state index contributed by atoms with van der Waals surface area (Å²) in [4.78, 5) is 0. The highest BCUT2D eigenvalue weighted by molar-refractivity contribution is 6.32. The van der Waals surface area contributed by atoms with E-state index in [0.717, 1.165) is 0 Å². The first-order chi connectivity index (χ1) is 7.05. The molecule has 1 aromatic rings. The summed E-state index contributed by atoms with van der Waals surface area (Å²) < 4.78 is 73.8. The molecule has 1 aromatic carbocycles. The van der Waals surface area contributed by atoms with Gasteiger partial charge in [0.05, 0.1) is 16.1 Å². The van der Waals surface area contributed by atoms with E-state index in [2.05, 4.69) is 0 Å². The minimum absolute atomic E-state index is 0.410. The molecule has 0 saturated carbocycles. The van der Waals surface area contributed by atoms with Crippen molar-refractivity contribution in [3.05, 3.63) is 28.3 Å². The van der Waals surface area contributed by atoms with Gasteiger partial charge in [-0.1, -0.05) is 11.6 Å². The average Bonchev–Trinajstić information content (AvgIpc) is 1.97. The van der Waals surface area contributed by atoms with Crippen LogP contribution in [0.15, 0.2) is 12.1 Å². The van der Waals surface area contributed by atoms with E-state index in [9.17, 15) is 26.3 Å². The third-order valence-corrected chi connectivity index (χ3v) is 2.16. The normalized spacial score (nSPS) is 12.9. The minimum atomic E-state index is -5.03. The Morgan fingerprint density at radius 2 is 1.44 bits per heavy atom. The van der Waals surface area contributed by atoms with Crippen molar-refractivity contribution in [3.63, 3.8) is 0 Å². The first-order valence-electron chi connectivity index (χ1n) is 3.77. The fraction of sp³-hybridized carbons (Fsp3) is 0.250. The van der Waals surface area contributed by atoms with Gasteiger partial charge in [0.1, 0.15) is 0 Å². The van der Waals surface area contributed by atoms with Crippen molar-refractivity contribution < 1.29 is 26.3 Å². The van der Waals surface area contributed by atoms with Crippen LogP contribution < -0.4 is 5.73 Å². The van der Waals surface area contributed by atoms with Crippen LogP contribution in [-0.4, -0.2) is 0 Å². The van der Waals surface area contributed by atoms with Gasteiger partial charge in [-0.15, -0.1) is 0 Å². The van der Waals surface area contributed by atoms with E-state index in [1.807, 2.05) is 0 Å². The zero-order valence-electron chi connectivity index (χ0n) is 7.38. The van der Waals surface area contributed by atoms with E-state index >= 15 is 0 Å². The van der Waals surface area contributed by atoms with Gasteiger partial charge in [0, 0.05) is 5.69 Å². The van der Waals surface area contributed by atoms with Gasteiger partial charge in [0.2, 0.25) is 0 Å². The van der Waals surface area contributed by atoms with E-state index in [-0.39, 0.29) is 0 Å². The second kappa shape index (κ2) is 3.73. The van der Waals surface area contributed by atoms with Crippen LogP contribution in [0.2, 0.25) is 5.02 Å². The van der Waals surface area contributed by atoms with Gasteiger partial charge in [-0.2, -0.15) is 26.3 Å². The molecule has 1 nitrogen and oxygen atoms in total. The maximum absolute atomic E-state index is 12.3. The van der Waals surface area contributed by atoms with Crippen molar-refractivity contribution in [2.45, 2.75) is 12.4 Å². The van der Waals surface area contributed by atoms with E-state index < -0.39 is 34.2 Å². The summed E-state index contributed by atoms with van der Waals surface area (Å²) in [6.45, 7) is 0. The molecular weight excluding hydrogens is 260 g/mol. The lowest BCUT2D eigenvalue weighted by Gasteiger charge is -2.16. The molecule has 0 spiro atoms. The van der Waals surface area contributed by atoms with Crippen LogP contribution in [0.4, 0.5) is 32.0 Å². The molecule has 90 valence electrons. The lowest BCUT2D eigenvalue weighted by molar-refractivity contribution is -0.142. The average molecular weight is 264 g/mol. The Balaban J connectivity index is 3.52. The molecule has 0 radical (unpaired) electrons. The highest BCUT2D eigenvalue weighted by atomic mass is 35.5. The maximum atomic E-state index is 12.3. The number of halogens is 7. The summed E-state index contributed by atoms with van der Waals surface area (Å²) in [6, 6.07) is 0.935. The third-order valence-electron chi connectivity index (χ3n) is 1.76. The number of hydrogen-bond acceptors (Lipinski definition) is 1. The van der Waals surface area contributed by atoms with E-state index in [1.165, 1.54) is 0 Å². The van der Waals surface area contributed by atoms with Crippen molar-refractivity contribution in [1.29, 1.82) is 0 Å². The molecule has 16 heavy (non-hydrogen) atoms. The third kappa shape index (κ3) is 2.34. The number of alkyl halides is 6. The summed E-state index contributed by atoms with van der Waals surface area (Å²) in [5.41, 5.74) is 0.883. The van der Waals surface area contributed by atoms with Crippen LogP contribution in [-0.2, 0) is 12.4 Å². The lowest BCUT2D eigenvalue weighted by atomic mass is 10.1. The molecule has 0 saturated heterocycles. The second-order valence-corrected chi connectivity index (χ2v) is 3.26. The molecule has 0 amide bonds. The lowest BCUT2D eigenvalue weighted by Crippen LogP contribution is -2.14. The molecule has 0 aliphatic rings. The fourth-order valence-electron chi connectivity index (χ4n) is 1.10. The van der Waals surface area contributed by atoms with Crippen LogP contribution in [0.5, 0.6) is 0 Å². The van der Waals surface area contributed by atoms with Gasteiger partial charge in [0.15, 0.2) is 0 Å². The molecule has 0 aromatic heterocycles. The Morgan fingerprint density at radius 1 is 0.938 bits per heavy atom. The molecule has 0 atom stereocenters. The molecular formula is C8H4ClF6N. The molecule has 8 heteroatoms. The zero-order valence-corrected chi connectivity index (χ0v) is 8.13. The summed E-state index contributed by atoms with van der Waals surface area (Å²) in [5, 5.41) is -1.43. The predicted octanol–water partition coefficient (Wildman–Crippen LogP) is 3.96. The van der Waals surface area contributed by atoms with Crippen LogP contribution >= 0.6 is 11.6 Å². The van der Waals surface area contributed by atoms with Crippen molar-refractivity contribution in [2.75, 3.05) is 5.73 Å². The molecule has 2 N–H and O–H groups in total. The Kier molecular flexibility index (Phi) is 3.02. The molecule has 0 aliphatic heterocycles. The molecule has 0 unspecified atom stereocenters. The Morgan fingerprint density at radius 3 is 1.81 bits per heavy atom. The molecule has 0 bridgehead atoms. The highest BCUT2D eigenvalue weighted by Crippen LogP contribution is 2.44. The predicted molar refractivity (Wildman–Crippen MR) is 45.9 cm³/mol. The van der Waals surface area contributed by atoms with Crippen molar-refractivity contribution in [2.24, 2.45) is 0 Å². The summed E-state index contributed by atoms with van der Waals surface area (Å²) >= 11 is 5.06. The van der Waals surface area contributed by atoms with E-state index in [1.54, 1.807) is 0 Å². The van der Waals surface area contributed by atoms with Gasteiger partial charge in [0.25, 0.3) is 0 Å². The number of anilines is 1. The van der Waals surface area contributed by atoms with Gasteiger partial charge < -0.3 is 5.73 Å². The summed E-state index contributed by atoms with van der Waals surface area (Å²) in [5.74, 6) is 0. The van der Waals surface area contributed by atoms with Gasteiger partial charge in [-0.05, 0) is 12.1 Å². The first kappa shape index (κ1) is 13.0. The molecule has 0 heterocycles. The Bertz CT molecular complexity index is 408. The minimum Gasteiger partial charge on any atom is -0.398 e. The van der Waals surface area contributed by atoms with Crippen molar-refractivity contribution in [1.82, 2.24) is 0 Å². The molecule has 0 fully saturated rings. The molecule has 1 rings (SSSR count). The standard InChI is InChI=1S/C8H4ClF6N/c9-6-3(7(10,11)12)1-2-4(16)5(6)8(13,14)15/h1-2H,16H2. The smallest absolute Gasteiger partial charge is 0.398 e. The van der Waals surface area contributed by atoms with Gasteiger partial charge in [-0.25, -0.2) is 0 Å². The SMILES string of the molecule is Nc1ccc(C(F)(F)F)c(Cl)c1C(F)(F)F. The number of nitrogen functional groups attached to an aromatic ring is 1. The maximum Gasteiger partial charge on any atom is 0.419 e. The second-order valence-electron chi connectivity index (χ2n) is 2.89. The monoisotopic (exact) mass is 263 g/mol. The largest absolute Gasteiger partial charge is 0.419 e. The number of rotatable bonds is 0. The number of nitrogens with two attached hydrogens (primary N) is 1. The van der Waals surface area contributed by atoms with Crippen LogP contribution in [0.1, 0.15) is 11.1 Å². The number of benzene rings is 1. The molecule has 0 aliphatic carbocycles. The van der Waals surface area contributed by atoms with Gasteiger partial charge >= 0.3 is 12.4 Å². The van der Waals surface area contributed by atoms with Crippen LogP contribution in [0.25, 0.3) is 0 Å². The Hall–Kier alpha value is -1.11. The van der Waals surface area contributed by atoms with Crippen molar-refractivity contribution >= 4 is 17.3 Å². The van der Waals surface area contributed by atoms with E-state index in [0.29, 0.717) is 12.1 Å². The topological polar surface area (TPSA) is 26.0 Å². The van der Waals surface area contributed by atoms with E-state index in [4.69, 9.17) is 17.3 Å². The summed E-state index contributed by atoms with van der Waals surface area (Å²) in [6.07, 6.45) is -9.98.